The second-order valence-electron chi connectivity index (χ2n) is 5.32. The van der Waals surface area contributed by atoms with E-state index in [1.807, 2.05) is 6.92 Å². The molecule has 5 heteroatoms. The Morgan fingerprint density at radius 2 is 1.89 bits per heavy atom. The van der Waals surface area contributed by atoms with Gasteiger partial charge in [0.1, 0.15) is 0 Å². The van der Waals surface area contributed by atoms with E-state index in [4.69, 9.17) is 10.5 Å². The maximum absolute atomic E-state index is 12.5. The van der Waals surface area contributed by atoms with Crippen LogP contribution in [0.5, 0.6) is 0 Å². The van der Waals surface area contributed by atoms with E-state index >= 15 is 0 Å². The lowest BCUT2D eigenvalue weighted by Gasteiger charge is -2.40. The Labute approximate surface area is 111 Å². The summed E-state index contributed by atoms with van der Waals surface area (Å²) in [7, 11) is 0. The molecule has 2 heterocycles. The van der Waals surface area contributed by atoms with E-state index in [0.717, 1.165) is 0 Å². The number of rotatable bonds is 1. The molecule has 100 valence electrons. The molecule has 5 nitrogen and oxygen atoms in total. The zero-order chi connectivity index (χ0) is 13.6. The third-order valence-corrected chi connectivity index (χ3v) is 4.06. The molecule has 1 aromatic rings. The predicted molar refractivity (Wildman–Crippen MR) is 69.8 cm³/mol. The molecule has 0 unspecified atom stereocenters. The molecule has 0 saturated carbocycles. The fourth-order valence-corrected chi connectivity index (χ4v) is 2.84. The third kappa shape index (κ3) is 1.65. The summed E-state index contributed by atoms with van der Waals surface area (Å²) in [5.41, 5.74) is 6.49. The minimum absolute atomic E-state index is 0.239. The van der Waals surface area contributed by atoms with Gasteiger partial charge in [-0.3, -0.25) is 14.5 Å². The van der Waals surface area contributed by atoms with Crippen LogP contribution in [0.15, 0.2) is 18.2 Å². The lowest BCUT2D eigenvalue weighted by Crippen LogP contribution is -2.52. The smallest absolute Gasteiger partial charge is 0.264 e. The van der Waals surface area contributed by atoms with Gasteiger partial charge >= 0.3 is 0 Å². The fourth-order valence-electron chi connectivity index (χ4n) is 2.84. The molecule has 1 fully saturated rings. The zero-order valence-corrected chi connectivity index (χ0v) is 10.8. The Morgan fingerprint density at radius 3 is 2.53 bits per heavy atom. The zero-order valence-electron chi connectivity index (χ0n) is 10.8. The predicted octanol–water partition coefficient (Wildman–Crippen LogP) is 1.43. The number of benzene rings is 1. The Bertz CT molecular complexity index is 562. The van der Waals surface area contributed by atoms with Crippen LogP contribution in [-0.2, 0) is 4.74 Å². The first kappa shape index (κ1) is 12.2. The number of imide groups is 1. The summed E-state index contributed by atoms with van der Waals surface area (Å²) >= 11 is 0. The fraction of sp³-hybridized carbons (Fsp3) is 0.429. The molecule has 0 atom stereocenters. The molecule has 2 aliphatic heterocycles. The average molecular weight is 260 g/mol. The first-order valence-electron chi connectivity index (χ1n) is 6.40. The van der Waals surface area contributed by atoms with Crippen molar-refractivity contribution in [2.75, 3.05) is 18.9 Å². The van der Waals surface area contributed by atoms with Crippen molar-refractivity contribution in [1.29, 1.82) is 0 Å². The van der Waals surface area contributed by atoms with E-state index < -0.39 is 5.54 Å². The van der Waals surface area contributed by atoms with E-state index in [1.54, 1.807) is 18.2 Å². The molecule has 0 aliphatic carbocycles. The van der Waals surface area contributed by atoms with Gasteiger partial charge in [-0.05, 0) is 31.9 Å². The van der Waals surface area contributed by atoms with Crippen LogP contribution in [0.25, 0.3) is 0 Å². The molecule has 3 rings (SSSR count). The standard InChI is InChI=1S/C14H16N2O3/c1-14(5-7-19-8-6-14)16-12(17)9-3-2-4-10(15)11(9)13(16)18/h2-4H,5-8,15H2,1H3. The molecule has 2 N–H and O–H groups in total. The van der Waals surface area contributed by atoms with Gasteiger partial charge < -0.3 is 10.5 Å². The number of hydrogen-bond donors (Lipinski definition) is 1. The van der Waals surface area contributed by atoms with Gasteiger partial charge in [0, 0.05) is 18.9 Å². The van der Waals surface area contributed by atoms with E-state index in [2.05, 4.69) is 0 Å². The number of hydrogen-bond acceptors (Lipinski definition) is 4. The van der Waals surface area contributed by atoms with Crippen LogP contribution in [0, 0.1) is 0 Å². The van der Waals surface area contributed by atoms with Crippen molar-refractivity contribution in [1.82, 2.24) is 4.90 Å². The van der Waals surface area contributed by atoms with Crippen LogP contribution in [-0.4, -0.2) is 35.5 Å². The quantitative estimate of drug-likeness (QED) is 0.612. The highest BCUT2D eigenvalue weighted by atomic mass is 16.5. The molecule has 0 radical (unpaired) electrons. The second kappa shape index (κ2) is 4.06. The van der Waals surface area contributed by atoms with Crippen LogP contribution in [0.4, 0.5) is 5.69 Å². The molecule has 1 saturated heterocycles. The lowest BCUT2D eigenvalue weighted by molar-refractivity contribution is -0.00387. The summed E-state index contributed by atoms with van der Waals surface area (Å²) in [5, 5.41) is 0. The van der Waals surface area contributed by atoms with Gasteiger partial charge in [0.2, 0.25) is 0 Å². The Balaban J connectivity index is 2.05. The maximum Gasteiger partial charge on any atom is 0.264 e. The van der Waals surface area contributed by atoms with E-state index in [9.17, 15) is 9.59 Å². The molecule has 19 heavy (non-hydrogen) atoms. The molecule has 1 aromatic carbocycles. The number of nitrogens with zero attached hydrogens (tertiary/aromatic N) is 1. The largest absolute Gasteiger partial charge is 0.398 e. The maximum atomic E-state index is 12.5. The van der Waals surface area contributed by atoms with Crippen molar-refractivity contribution >= 4 is 17.5 Å². The highest BCUT2D eigenvalue weighted by Gasteiger charge is 2.47. The number of fused-ring (bicyclic) bond motifs is 1. The van der Waals surface area contributed by atoms with Crippen molar-refractivity contribution < 1.29 is 14.3 Å². The third-order valence-electron chi connectivity index (χ3n) is 4.06. The van der Waals surface area contributed by atoms with Crippen molar-refractivity contribution in [3.63, 3.8) is 0 Å². The number of carbonyl (C=O) groups excluding carboxylic acids is 2. The molecule has 2 aliphatic rings. The van der Waals surface area contributed by atoms with Crippen LogP contribution in [0.1, 0.15) is 40.5 Å². The topological polar surface area (TPSA) is 72.6 Å². The number of amides is 2. The Morgan fingerprint density at radius 1 is 1.21 bits per heavy atom. The van der Waals surface area contributed by atoms with E-state index in [1.165, 1.54) is 4.90 Å². The van der Waals surface area contributed by atoms with Gasteiger partial charge in [-0.25, -0.2) is 0 Å². The summed E-state index contributed by atoms with van der Waals surface area (Å²) in [6.07, 6.45) is 1.33. The molecule has 2 amide bonds. The van der Waals surface area contributed by atoms with Crippen LogP contribution in [0.2, 0.25) is 0 Å². The van der Waals surface area contributed by atoms with Gasteiger partial charge in [-0.2, -0.15) is 0 Å². The number of ether oxygens (including phenoxy) is 1. The molecule has 0 aromatic heterocycles. The van der Waals surface area contributed by atoms with Crippen LogP contribution >= 0.6 is 0 Å². The average Bonchev–Trinajstić information content (AvgIpc) is 2.64. The van der Waals surface area contributed by atoms with Crippen molar-refractivity contribution in [3.8, 4) is 0 Å². The minimum atomic E-state index is -0.474. The Hall–Kier alpha value is -1.88. The highest BCUT2D eigenvalue weighted by molar-refractivity contribution is 6.24. The van der Waals surface area contributed by atoms with Crippen molar-refractivity contribution in [3.05, 3.63) is 29.3 Å². The van der Waals surface area contributed by atoms with Gasteiger partial charge in [-0.1, -0.05) is 6.07 Å². The van der Waals surface area contributed by atoms with Crippen molar-refractivity contribution in [2.24, 2.45) is 0 Å². The molecular weight excluding hydrogens is 244 g/mol. The normalized spacial score (nSPS) is 21.6. The lowest BCUT2D eigenvalue weighted by atomic mass is 9.90. The molecular formula is C14H16N2O3. The summed E-state index contributed by atoms with van der Waals surface area (Å²) in [4.78, 5) is 26.4. The summed E-state index contributed by atoms with van der Waals surface area (Å²) in [5.74, 6) is -0.515. The highest BCUT2D eigenvalue weighted by Crippen LogP contribution is 2.36. The van der Waals surface area contributed by atoms with E-state index in [-0.39, 0.29) is 11.8 Å². The molecule has 0 spiro atoms. The van der Waals surface area contributed by atoms with Crippen molar-refractivity contribution in [2.45, 2.75) is 25.3 Å². The van der Waals surface area contributed by atoms with E-state index in [0.29, 0.717) is 42.9 Å². The van der Waals surface area contributed by atoms with Gasteiger partial charge in [0.05, 0.1) is 16.7 Å². The van der Waals surface area contributed by atoms with Gasteiger partial charge in [0.15, 0.2) is 0 Å². The summed E-state index contributed by atoms with van der Waals surface area (Å²) < 4.78 is 5.32. The SMILES string of the molecule is CC1(N2C(=O)c3cccc(N)c3C2=O)CCOCC1. The number of nitrogen functional groups attached to an aromatic ring is 1. The Kier molecular flexibility index (Phi) is 2.60. The first-order valence-corrected chi connectivity index (χ1v) is 6.40. The van der Waals surface area contributed by atoms with Gasteiger partial charge in [-0.15, -0.1) is 0 Å². The monoisotopic (exact) mass is 260 g/mol. The minimum Gasteiger partial charge on any atom is -0.398 e. The van der Waals surface area contributed by atoms with Crippen LogP contribution in [0.3, 0.4) is 0 Å². The van der Waals surface area contributed by atoms with Gasteiger partial charge in [0.25, 0.3) is 11.8 Å². The number of carbonyl (C=O) groups is 2. The summed E-state index contributed by atoms with van der Waals surface area (Å²) in [6.45, 7) is 3.08. The number of nitrogens with two attached hydrogens (primary N) is 1. The van der Waals surface area contributed by atoms with Crippen LogP contribution < -0.4 is 5.73 Å². The second-order valence-corrected chi connectivity index (χ2v) is 5.32. The molecule has 0 bridgehead atoms. The number of anilines is 1. The summed E-state index contributed by atoms with van der Waals surface area (Å²) in [6, 6.07) is 5.02. The first-order chi connectivity index (χ1) is 9.04.